The van der Waals surface area contributed by atoms with Crippen LogP contribution in [0.15, 0.2) is 53.5 Å². The Morgan fingerprint density at radius 3 is 2.63 bits per heavy atom. The summed E-state index contributed by atoms with van der Waals surface area (Å²) in [4.78, 5) is 6.80. The van der Waals surface area contributed by atoms with Gasteiger partial charge in [0.15, 0.2) is 5.96 Å². The number of hydrogen-bond acceptors (Lipinski definition) is 4. The molecule has 0 aliphatic carbocycles. The standard InChI is InChI=1S/C22H29ClN4O2.HI/c1-24-22(25-15-17-5-3-8-20(13-17)28-2)26-16-21(27-9-11-29-12-10-27)18-6-4-7-19(23)14-18;/h3-8,13-14,21H,9-12,15-16H2,1-2H3,(H2,24,25,26);1H. The van der Waals surface area contributed by atoms with Gasteiger partial charge in [-0.15, -0.1) is 24.0 Å². The van der Waals surface area contributed by atoms with Crippen LogP contribution in [0, 0.1) is 0 Å². The number of aliphatic imine (C=N–C) groups is 1. The highest BCUT2D eigenvalue weighted by Crippen LogP contribution is 2.24. The summed E-state index contributed by atoms with van der Waals surface area (Å²) in [6, 6.07) is 16.3. The molecule has 2 N–H and O–H groups in total. The molecule has 8 heteroatoms. The molecule has 0 aromatic heterocycles. The van der Waals surface area contributed by atoms with Crippen molar-refractivity contribution in [2.45, 2.75) is 12.6 Å². The fourth-order valence-electron chi connectivity index (χ4n) is 3.44. The fourth-order valence-corrected chi connectivity index (χ4v) is 3.64. The lowest BCUT2D eigenvalue weighted by molar-refractivity contribution is 0.0170. The summed E-state index contributed by atoms with van der Waals surface area (Å²) < 4.78 is 10.8. The van der Waals surface area contributed by atoms with Gasteiger partial charge in [0, 0.05) is 38.2 Å². The minimum Gasteiger partial charge on any atom is -0.497 e. The molecule has 3 rings (SSSR count). The summed E-state index contributed by atoms with van der Waals surface area (Å²) in [5, 5.41) is 7.59. The highest BCUT2D eigenvalue weighted by molar-refractivity contribution is 14.0. The van der Waals surface area contributed by atoms with Gasteiger partial charge >= 0.3 is 0 Å². The Morgan fingerprint density at radius 2 is 1.93 bits per heavy atom. The third-order valence-corrected chi connectivity index (χ3v) is 5.24. The fraction of sp³-hybridized carbons (Fsp3) is 0.409. The summed E-state index contributed by atoms with van der Waals surface area (Å²) in [5.74, 6) is 1.61. The molecule has 2 aromatic carbocycles. The quantitative estimate of drug-likeness (QED) is 0.316. The Kier molecular flexibility index (Phi) is 10.7. The molecular formula is C22H30ClIN4O2. The molecule has 0 saturated carbocycles. The van der Waals surface area contributed by atoms with Crippen LogP contribution in [0.5, 0.6) is 5.75 Å². The van der Waals surface area contributed by atoms with Crippen molar-refractivity contribution in [3.8, 4) is 5.75 Å². The molecule has 2 aromatic rings. The molecule has 0 amide bonds. The lowest BCUT2D eigenvalue weighted by Crippen LogP contribution is -2.46. The largest absolute Gasteiger partial charge is 0.497 e. The highest BCUT2D eigenvalue weighted by atomic mass is 127. The first kappa shape index (κ1) is 24.7. The first-order valence-electron chi connectivity index (χ1n) is 9.84. The molecule has 164 valence electrons. The number of benzene rings is 2. The predicted octanol–water partition coefficient (Wildman–Crippen LogP) is 3.71. The minimum absolute atomic E-state index is 0. The van der Waals surface area contributed by atoms with Crippen molar-refractivity contribution in [3.05, 3.63) is 64.7 Å². The number of rotatable bonds is 7. The van der Waals surface area contributed by atoms with Gasteiger partial charge < -0.3 is 20.1 Å². The van der Waals surface area contributed by atoms with Crippen LogP contribution < -0.4 is 15.4 Å². The number of methoxy groups -OCH3 is 1. The molecule has 1 heterocycles. The Morgan fingerprint density at radius 1 is 1.17 bits per heavy atom. The first-order valence-corrected chi connectivity index (χ1v) is 10.2. The van der Waals surface area contributed by atoms with E-state index in [0.29, 0.717) is 6.54 Å². The van der Waals surface area contributed by atoms with Crippen molar-refractivity contribution >= 4 is 41.5 Å². The zero-order valence-electron chi connectivity index (χ0n) is 17.4. The SMILES string of the molecule is CN=C(NCc1cccc(OC)c1)NCC(c1cccc(Cl)c1)N1CCOCC1.I. The van der Waals surface area contributed by atoms with Crippen LogP contribution in [0.3, 0.4) is 0 Å². The van der Waals surface area contributed by atoms with Crippen LogP contribution in [0.4, 0.5) is 0 Å². The average Bonchev–Trinajstić information content (AvgIpc) is 2.77. The van der Waals surface area contributed by atoms with Gasteiger partial charge in [-0.25, -0.2) is 0 Å². The summed E-state index contributed by atoms with van der Waals surface area (Å²) in [5.41, 5.74) is 2.32. The number of nitrogens with zero attached hydrogens (tertiary/aromatic N) is 2. The first-order chi connectivity index (χ1) is 14.2. The second-order valence-electron chi connectivity index (χ2n) is 6.88. The third kappa shape index (κ3) is 7.30. The van der Waals surface area contributed by atoms with Crippen LogP contribution in [0.25, 0.3) is 0 Å². The zero-order chi connectivity index (χ0) is 20.5. The maximum atomic E-state index is 6.25. The maximum Gasteiger partial charge on any atom is 0.191 e. The molecule has 1 aliphatic rings. The van der Waals surface area contributed by atoms with Crippen LogP contribution in [0.1, 0.15) is 17.2 Å². The van der Waals surface area contributed by atoms with Gasteiger partial charge in [-0.05, 0) is 35.4 Å². The summed E-state index contributed by atoms with van der Waals surface area (Å²) >= 11 is 6.25. The van der Waals surface area contributed by atoms with Crippen LogP contribution in [-0.4, -0.2) is 57.9 Å². The van der Waals surface area contributed by atoms with Gasteiger partial charge in [-0.2, -0.15) is 0 Å². The average molecular weight is 545 g/mol. The van der Waals surface area contributed by atoms with Crippen molar-refractivity contribution < 1.29 is 9.47 Å². The number of nitrogens with one attached hydrogen (secondary N) is 2. The lowest BCUT2D eigenvalue weighted by atomic mass is 10.0. The van der Waals surface area contributed by atoms with Gasteiger partial charge in [0.2, 0.25) is 0 Å². The molecule has 1 saturated heterocycles. The van der Waals surface area contributed by atoms with Crippen LogP contribution in [-0.2, 0) is 11.3 Å². The molecule has 30 heavy (non-hydrogen) atoms. The van der Waals surface area contributed by atoms with Crippen molar-refractivity contribution in [3.63, 3.8) is 0 Å². The Hall–Kier alpha value is -1.55. The van der Waals surface area contributed by atoms with Crippen molar-refractivity contribution in [1.82, 2.24) is 15.5 Å². The number of hydrogen-bond donors (Lipinski definition) is 2. The van der Waals surface area contributed by atoms with E-state index in [1.165, 1.54) is 5.56 Å². The van der Waals surface area contributed by atoms with E-state index in [1.54, 1.807) is 14.2 Å². The third-order valence-electron chi connectivity index (χ3n) is 5.00. The van der Waals surface area contributed by atoms with Gasteiger partial charge in [0.25, 0.3) is 0 Å². The van der Waals surface area contributed by atoms with E-state index in [1.807, 2.05) is 36.4 Å². The van der Waals surface area contributed by atoms with E-state index in [4.69, 9.17) is 21.1 Å². The molecule has 0 radical (unpaired) electrons. The molecule has 0 bridgehead atoms. The number of morpholine rings is 1. The molecule has 1 aliphatic heterocycles. The summed E-state index contributed by atoms with van der Waals surface area (Å²) in [6.07, 6.45) is 0. The van der Waals surface area contributed by atoms with E-state index in [-0.39, 0.29) is 30.0 Å². The predicted molar refractivity (Wildman–Crippen MR) is 133 cm³/mol. The Balaban J connectivity index is 0.00000320. The van der Waals surface area contributed by atoms with Gasteiger partial charge in [0.05, 0.1) is 26.4 Å². The molecule has 1 unspecified atom stereocenters. The highest BCUT2D eigenvalue weighted by Gasteiger charge is 2.23. The minimum atomic E-state index is 0. The maximum absolute atomic E-state index is 6.25. The van der Waals surface area contributed by atoms with Gasteiger partial charge in [-0.3, -0.25) is 9.89 Å². The lowest BCUT2D eigenvalue weighted by Gasteiger charge is -2.35. The van der Waals surface area contributed by atoms with Gasteiger partial charge in [-0.1, -0.05) is 35.9 Å². The van der Waals surface area contributed by atoms with E-state index >= 15 is 0 Å². The molecule has 1 fully saturated rings. The van der Waals surface area contributed by atoms with Crippen molar-refractivity contribution in [2.24, 2.45) is 4.99 Å². The van der Waals surface area contributed by atoms with E-state index in [2.05, 4.69) is 32.7 Å². The molecule has 0 spiro atoms. The van der Waals surface area contributed by atoms with Crippen LogP contribution >= 0.6 is 35.6 Å². The van der Waals surface area contributed by atoms with E-state index in [0.717, 1.165) is 55.1 Å². The molecule has 6 nitrogen and oxygen atoms in total. The van der Waals surface area contributed by atoms with Crippen molar-refractivity contribution in [2.75, 3.05) is 47.0 Å². The normalized spacial score (nSPS) is 15.8. The van der Waals surface area contributed by atoms with E-state index in [9.17, 15) is 0 Å². The van der Waals surface area contributed by atoms with Crippen molar-refractivity contribution in [1.29, 1.82) is 0 Å². The second-order valence-corrected chi connectivity index (χ2v) is 7.31. The topological polar surface area (TPSA) is 58.1 Å². The smallest absolute Gasteiger partial charge is 0.191 e. The monoisotopic (exact) mass is 544 g/mol. The van der Waals surface area contributed by atoms with Gasteiger partial charge in [0.1, 0.15) is 5.75 Å². The Labute approximate surface area is 201 Å². The second kappa shape index (κ2) is 13.0. The zero-order valence-corrected chi connectivity index (χ0v) is 20.5. The number of ether oxygens (including phenoxy) is 2. The molecule has 1 atom stereocenters. The summed E-state index contributed by atoms with van der Waals surface area (Å²) in [6.45, 7) is 4.68. The Bertz CT molecular complexity index is 815. The number of halogens is 2. The number of guanidine groups is 1. The summed E-state index contributed by atoms with van der Waals surface area (Å²) in [7, 11) is 3.46. The molecular weight excluding hydrogens is 515 g/mol. The van der Waals surface area contributed by atoms with E-state index < -0.39 is 0 Å². The van der Waals surface area contributed by atoms with Crippen LogP contribution in [0.2, 0.25) is 5.02 Å².